The maximum absolute atomic E-state index is 11.7. The van der Waals surface area contributed by atoms with E-state index in [-0.39, 0.29) is 11.7 Å². The van der Waals surface area contributed by atoms with Crippen LogP contribution in [0.1, 0.15) is 35.2 Å². The summed E-state index contributed by atoms with van der Waals surface area (Å²) in [7, 11) is 3.98. The maximum Gasteiger partial charge on any atom is 0.291 e. The Hall–Kier alpha value is -1.47. The molecule has 106 valence electrons. The van der Waals surface area contributed by atoms with Crippen LogP contribution in [0.4, 0.5) is 0 Å². The molecule has 1 aromatic rings. The number of aromatic amines is 1. The van der Waals surface area contributed by atoms with Crippen LogP contribution in [0.3, 0.4) is 0 Å². The standard InChI is InChI=1S/C12H21N5O2/c1-17(2)6-8-19-7-5-13-12(18)11-14-10(15-16-11)9-3-4-9/h9H,3-8H2,1-2H3,(H,13,18)(H,14,15,16). The van der Waals surface area contributed by atoms with E-state index in [2.05, 4.69) is 20.5 Å². The lowest BCUT2D eigenvalue weighted by Crippen LogP contribution is -2.29. The predicted molar refractivity (Wildman–Crippen MR) is 70.1 cm³/mol. The lowest BCUT2D eigenvalue weighted by Gasteiger charge is -2.09. The molecule has 1 amide bonds. The molecule has 0 atom stereocenters. The maximum atomic E-state index is 11.7. The van der Waals surface area contributed by atoms with Gasteiger partial charge in [0.2, 0.25) is 5.82 Å². The van der Waals surface area contributed by atoms with Gasteiger partial charge in [0.05, 0.1) is 13.2 Å². The third kappa shape index (κ3) is 4.60. The van der Waals surface area contributed by atoms with Crippen molar-refractivity contribution < 1.29 is 9.53 Å². The number of likely N-dealkylation sites (N-methyl/N-ethyl adjacent to an activating group) is 1. The van der Waals surface area contributed by atoms with Crippen molar-refractivity contribution in [3.8, 4) is 0 Å². The van der Waals surface area contributed by atoms with Crippen molar-refractivity contribution in [3.05, 3.63) is 11.6 Å². The molecule has 1 fully saturated rings. The number of carbonyl (C=O) groups excluding carboxylic acids is 1. The lowest BCUT2D eigenvalue weighted by molar-refractivity contribution is 0.0891. The van der Waals surface area contributed by atoms with E-state index < -0.39 is 0 Å². The van der Waals surface area contributed by atoms with Gasteiger partial charge in [-0.3, -0.25) is 9.89 Å². The van der Waals surface area contributed by atoms with Crippen molar-refractivity contribution in [3.63, 3.8) is 0 Å². The van der Waals surface area contributed by atoms with Crippen LogP contribution < -0.4 is 5.32 Å². The molecule has 1 saturated carbocycles. The highest BCUT2D eigenvalue weighted by atomic mass is 16.5. The van der Waals surface area contributed by atoms with E-state index in [1.807, 2.05) is 19.0 Å². The Morgan fingerprint density at radius 2 is 2.26 bits per heavy atom. The number of ether oxygens (including phenoxy) is 1. The molecule has 2 N–H and O–H groups in total. The van der Waals surface area contributed by atoms with Gasteiger partial charge >= 0.3 is 0 Å². The monoisotopic (exact) mass is 267 g/mol. The minimum atomic E-state index is -0.251. The van der Waals surface area contributed by atoms with Gasteiger partial charge in [0.15, 0.2) is 0 Å². The molecule has 1 aliphatic carbocycles. The van der Waals surface area contributed by atoms with Gasteiger partial charge < -0.3 is 15.0 Å². The van der Waals surface area contributed by atoms with Crippen molar-refractivity contribution in [2.45, 2.75) is 18.8 Å². The largest absolute Gasteiger partial charge is 0.378 e. The van der Waals surface area contributed by atoms with E-state index in [0.717, 1.165) is 25.2 Å². The number of nitrogens with one attached hydrogen (secondary N) is 2. The minimum absolute atomic E-state index is 0.218. The second kappa shape index (κ2) is 6.63. The van der Waals surface area contributed by atoms with E-state index in [1.54, 1.807) is 0 Å². The van der Waals surface area contributed by atoms with Crippen LogP contribution in [-0.2, 0) is 4.74 Å². The van der Waals surface area contributed by atoms with Gasteiger partial charge in [-0.2, -0.15) is 0 Å². The predicted octanol–water partition coefficient (Wildman–Crippen LogP) is -0.00990. The quantitative estimate of drug-likeness (QED) is 0.647. The van der Waals surface area contributed by atoms with Gasteiger partial charge in [-0.15, -0.1) is 5.10 Å². The number of amides is 1. The molecular formula is C12H21N5O2. The second-order valence-electron chi connectivity index (χ2n) is 4.99. The highest BCUT2D eigenvalue weighted by Crippen LogP contribution is 2.37. The second-order valence-corrected chi connectivity index (χ2v) is 4.99. The molecule has 0 bridgehead atoms. The van der Waals surface area contributed by atoms with Crippen LogP contribution in [0.5, 0.6) is 0 Å². The Kier molecular flexibility index (Phi) is 4.86. The van der Waals surface area contributed by atoms with Crippen LogP contribution in [-0.4, -0.2) is 66.4 Å². The van der Waals surface area contributed by atoms with Gasteiger partial charge in [-0.1, -0.05) is 0 Å². The summed E-state index contributed by atoms with van der Waals surface area (Å²) in [5.41, 5.74) is 0. The SMILES string of the molecule is CN(C)CCOCCNC(=O)c1n[nH]c(C2CC2)n1. The molecule has 19 heavy (non-hydrogen) atoms. The molecule has 1 heterocycles. The van der Waals surface area contributed by atoms with Gasteiger partial charge in [0.1, 0.15) is 5.82 Å². The van der Waals surface area contributed by atoms with Crippen molar-refractivity contribution in [2.75, 3.05) is 40.4 Å². The lowest BCUT2D eigenvalue weighted by atomic mass is 10.4. The molecule has 0 spiro atoms. The normalized spacial score (nSPS) is 14.9. The molecule has 1 aliphatic rings. The Bertz CT molecular complexity index is 414. The van der Waals surface area contributed by atoms with Crippen LogP contribution in [0.25, 0.3) is 0 Å². The molecule has 1 aromatic heterocycles. The fourth-order valence-electron chi connectivity index (χ4n) is 1.58. The third-order valence-corrected chi connectivity index (χ3v) is 2.88. The van der Waals surface area contributed by atoms with Crippen LogP contribution >= 0.6 is 0 Å². The smallest absolute Gasteiger partial charge is 0.291 e. The fourth-order valence-corrected chi connectivity index (χ4v) is 1.58. The summed E-state index contributed by atoms with van der Waals surface area (Å²) in [5, 5.41) is 9.47. The molecular weight excluding hydrogens is 246 g/mol. The number of carbonyl (C=O) groups is 1. The summed E-state index contributed by atoms with van der Waals surface area (Å²) < 4.78 is 5.38. The van der Waals surface area contributed by atoms with Crippen molar-refractivity contribution in [1.29, 1.82) is 0 Å². The summed E-state index contributed by atoms with van der Waals surface area (Å²) in [6.07, 6.45) is 2.27. The summed E-state index contributed by atoms with van der Waals surface area (Å²) in [6.45, 7) is 2.51. The first kappa shape index (κ1) is 14.0. The Morgan fingerprint density at radius 3 is 2.95 bits per heavy atom. The van der Waals surface area contributed by atoms with Gasteiger partial charge in [0, 0.05) is 19.0 Å². The highest BCUT2D eigenvalue weighted by Gasteiger charge is 2.28. The zero-order valence-corrected chi connectivity index (χ0v) is 11.5. The zero-order valence-electron chi connectivity index (χ0n) is 11.5. The summed E-state index contributed by atoms with van der Waals surface area (Å²) >= 11 is 0. The van der Waals surface area contributed by atoms with Crippen molar-refractivity contribution >= 4 is 5.91 Å². The number of hydrogen-bond acceptors (Lipinski definition) is 5. The van der Waals surface area contributed by atoms with Crippen molar-refractivity contribution in [1.82, 2.24) is 25.4 Å². The van der Waals surface area contributed by atoms with E-state index in [1.165, 1.54) is 0 Å². The topological polar surface area (TPSA) is 83.1 Å². The first-order valence-electron chi connectivity index (χ1n) is 6.60. The Balaban J connectivity index is 1.61. The van der Waals surface area contributed by atoms with E-state index in [0.29, 0.717) is 25.7 Å². The fraction of sp³-hybridized carbons (Fsp3) is 0.750. The molecule has 0 aliphatic heterocycles. The van der Waals surface area contributed by atoms with Crippen LogP contribution in [0.15, 0.2) is 0 Å². The summed E-state index contributed by atoms with van der Waals surface area (Å²) in [5.74, 6) is 1.27. The number of hydrogen-bond donors (Lipinski definition) is 2. The number of nitrogens with zero attached hydrogens (tertiary/aromatic N) is 3. The Labute approximate surface area is 112 Å². The van der Waals surface area contributed by atoms with Gasteiger partial charge in [-0.25, -0.2) is 4.98 Å². The zero-order chi connectivity index (χ0) is 13.7. The van der Waals surface area contributed by atoms with E-state index in [9.17, 15) is 4.79 Å². The highest BCUT2D eigenvalue weighted by molar-refractivity contribution is 5.90. The summed E-state index contributed by atoms with van der Waals surface area (Å²) in [4.78, 5) is 18.0. The first-order chi connectivity index (χ1) is 9.16. The molecule has 0 radical (unpaired) electrons. The molecule has 2 rings (SSSR count). The Morgan fingerprint density at radius 1 is 1.47 bits per heavy atom. The molecule has 0 unspecified atom stereocenters. The average Bonchev–Trinajstić information content (AvgIpc) is 3.11. The molecule has 7 heteroatoms. The number of rotatable bonds is 8. The van der Waals surface area contributed by atoms with E-state index >= 15 is 0 Å². The molecule has 0 aromatic carbocycles. The van der Waals surface area contributed by atoms with Crippen molar-refractivity contribution in [2.24, 2.45) is 0 Å². The number of H-pyrrole nitrogens is 1. The minimum Gasteiger partial charge on any atom is -0.378 e. The number of aromatic nitrogens is 3. The van der Waals surface area contributed by atoms with Crippen LogP contribution in [0, 0.1) is 0 Å². The average molecular weight is 267 g/mol. The molecule has 0 saturated heterocycles. The van der Waals surface area contributed by atoms with Crippen LogP contribution in [0.2, 0.25) is 0 Å². The third-order valence-electron chi connectivity index (χ3n) is 2.88. The van der Waals surface area contributed by atoms with Gasteiger partial charge in [0.25, 0.3) is 5.91 Å². The first-order valence-corrected chi connectivity index (χ1v) is 6.60. The van der Waals surface area contributed by atoms with E-state index in [4.69, 9.17) is 4.74 Å². The molecule has 7 nitrogen and oxygen atoms in total. The summed E-state index contributed by atoms with van der Waals surface area (Å²) in [6, 6.07) is 0. The van der Waals surface area contributed by atoms with Gasteiger partial charge in [-0.05, 0) is 26.9 Å².